The number of ketones is 1. The predicted octanol–water partition coefficient (Wildman–Crippen LogP) is 4.99. The van der Waals surface area contributed by atoms with Crippen molar-refractivity contribution in [1.82, 2.24) is 4.98 Å². The second kappa shape index (κ2) is 6.61. The van der Waals surface area contributed by atoms with Crippen LogP contribution in [-0.2, 0) is 0 Å². The molecule has 0 aliphatic rings. The lowest BCUT2D eigenvalue weighted by Crippen LogP contribution is -2.09. The Morgan fingerprint density at radius 2 is 1.67 bits per heavy atom. The number of hydrogen-bond acceptors (Lipinski definition) is 3. The van der Waals surface area contributed by atoms with Crippen LogP contribution < -0.4 is 5.73 Å². The number of pyridine rings is 1. The van der Waals surface area contributed by atoms with E-state index < -0.39 is 17.4 Å². The molecule has 0 aliphatic heterocycles. The molecule has 3 nitrogen and oxygen atoms in total. The first-order valence-electron chi connectivity index (χ1n) is 8.28. The fourth-order valence-corrected chi connectivity index (χ4v) is 3.14. The number of halogens is 2. The van der Waals surface area contributed by atoms with E-state index in [9.17, 15) is 13.6 Å². The molecule has 0 aliphatic carbocycles. The van der Waals surface area contributed by atoms with Crippen LogP contribution in [-0.4, -0.2) is 10.8 Å². The number of rotatable bonds is 3. The van der Waals surface area contributed by atoms with Gasteiger partial charge in [0, 0.05) is 23.4 Å². The summed E-state index contributed by atoms with van der Waals surface area (Å²) >= 11 is 0. The van der Waals surface area contributed by atoms with Crippen LogP contribution in [0.25, 0.3) is 22.0 Å². The van der Waals surface area contributed by atoms with Crippen molar-refractivity contribution >= 4 is 22.2 Å². The number of carbonyl (C=O) groups is 1. The molecule has 0 saturated heterocycles. The smallest absolute Gasteiger partial charge is 0.198 e. The largest absolute Gasteiger partial charge is 0.396 e. The van der Waals surface area contributed by atoms with Crippen LogP contribution in [0.5, 0.6) is 0 Å². The van der Waals surface area contributed by atoms with Crippen LogP contribution in [0.1, 0.15) is 15.9 Å². The molecule has 27 heavy (non-hydrogen) atoms. The molecule has 0 bridgehead atoms. The lowest BCUT2D eigenvalue weighted by molar-refractivity contribution is 0.103. The van der Waals surface area contributed by atoms with Crippen molar-refractivity contribution in [2.24, 2.45) is 0 Å². The molecule has 0 spiro atoms. The van der Waals surface area contributed by atoms with Gasteiger partial charge in [0.05, 0.1) is 16.9 Å². The Morgan fingerprint density at radius 1 is 0.889 bits per heavy atom. The highest BCUT2D eigenvalue weighted by atomic mass is 19.1. The number of hydrogen-bond donors (Lipinski definition) is 1. The number of carbonyl (C=O) groups excluding carboxylic acids is 1. The van der Waals surface area contributed by atoms with Gasteiger partial charge in [-0.1, -0.05) is 42.5 Å². The van der Waals surface area contributed by atoms with Crippen LogP contribution >= 0.6 is 0 Å². The number of nitrogen functional groups attached to an aromatic ring is 1. The Balaban J connectivity index is 1.87. The Kier molecular flexibility index (Phi) is 4.12. The molecule has 3 aromatic carbocycles. The van der Waals surface area contributed by atoms with E-state index in [4.69, 9.17) is 5.73 Å². The van der Waals surface area contributed by atoms with E-state index in [0.717, 1.165) is 28.5 Å². The van der Waals surface area contributed by atoms with Crippen molar-refractivity contribution < 1.29 is 13.6 Å². The van der Waals surface area contributed by atoms with Crippen molar-refractivity contribution in [2.75, 3.05) is 5.73 Å². The van der Waals surface area contributed by atoms with Crippen LogP contribution in [0.2, 0.25) is 0 Å². The maximum atomic E-state index is 14.0. The minimum Gasteiger partial charge on any atom is -0.396 e. The molecule has 0 fully saturated rings. The number of fused-ring (bicyclic) bond motifs is 1. The molecule has 0 atom stereocenters. The summed E-state index contributed by atoms with van der Waals surface area (Å²) in [6.07, 6.45) is 1.46. The van der Waals surface area contributed by atoms with Gasteiger partial charge >= 0.3 is 0 Å². The first-order chi connectivity index (χ1) is 13.1. The van der Waals surface area contributed by atoms with E-state index in [0.29, 0.717) is 11.8 Å². The Bertz CT molecular complexity index is 1180. The summed E-state index contributed by atoms with van der Waals surface area (Å²) in [4.78, 5) is 17.1. The van der Waals surface area contributed by atoms with Crippen molar-refractivity contribution in [3.8, 4) is 11.3 Å². The predicted molar refractivity (Wildman–Crippen MR) is 101 cm³/mol. The van der Waals surface area contributed by atoms with Crippen LogP contribution in [0.15, 0.2) is 72.9 Å². The molecule has 1 aromatic heterocycles. The van der Waals surface area contributed by atoms with Gasteiger partial charge in [-0.05, 0) is 29.0 Å². The monoisotopic (exact) mass is 360 g/mol. The molecule has 1 heterocycles. The second-order valence-electron chi connectivity index (χ2n) is 6.10. The maximum absolute atomic E-state index is 14.0. The van der Waals surface area contributed by atoms with Gasteiger partial charge < -0.3 is 5.73 Å². The maximum Gasteiger partial charge on any atom is 0.198 e. The molecule has 0 radical (unpaired) electrons. The quantitative estimate of drug-likeness (QED) is 0.524. The third kappa shape index (κ3) is 2.93. The van der Waals surface area contributed by atoms with E-state index in [2.05, 4.69) is 4.98 Å². The summed E-state index contributed by atoms with van der Waals surface area (Å²) in [7, 11) is 0. The molecule has 132 valence electrons. The van der Waals surface area contributed by atoms with Crippen LogP contribution in [0.4, 0.5) is 14.5 Å². The van der Waals surface area contributed by atoms with Crippen molar-refractivity contribution in [3.63, 3.8) is 0 Å². The fraction of sp³-hybridized carbons (Fsp3) is 0. The van der Waals surface area contributed by atoms with Gasteiger partial charge in [-0.3, -0.25) is 9.78 Å². The van der Waals surface area contributed by atoms with Crippen LogP contribution in [0.3, 0.4) is 0 Å². The molecule has 0 amide bonds. The molecule has 5 heteroatoms. The van der Waals surface area contributed by atoms with Gasteiger partial charge in [-0.25, -0.2) is 8.78 Å². The molecule has 0 unspecified atom stereocenters. The highest BCUT2D eigenvalue weighted by molar-refractivity contribution is 6.14. The van der Waals surface area contributed by atoms with Gasteiger partial charge in [0.2, 0.25) is 0 Å². The Morgan fingerprint density at radius 3 is 2.48 bits per heavy atom. The third-order valence-corrected chi connectivity index (χ3v) is 4.46. The summed E-state index contributed by atoms with van der Waals surface area (Å²) in [6, 6.07) is 17.7. The number of anilines is 1. The normalized spacial score (nSPS) is 10.9. The van der Waals surface area contributed by atoms with Gasteiger partial charge in [-0.15, -0.1) is 0 Å². The standard InChI is InChI=1S/C22H14F2N2O/c23-14-8-9-17(19(24)12-14)22(27)18-10-11-26-21(20(18)25)16-7-3-5-13-4-1-2-6-15(13)16/h1-12H,25H2. The van der Waals surface area contributed by atoms with E-state index in [1.165, 1.54) is 12.3 Å². The van der Waals surface area contributed by atoms with Crippen molar-refractivity contribution in [2.45, 2.75) is 0 Å². The first-order valence-corrected chi connectivity index (χ1v) is 8.28. The van der Waals surface area contributed by atoms with Gasteiger partial charge in [0.1, 0.15) is 11.6 Å². The number of nitrogens with two attached hydrogens (primary N) is 1. The number of benzene rings is 3. The molecule has 0 saturated carbocycles. The van der Waals surface area contributed by atoms with Gasteiger partial charge in [0.25, 0.3) is 0 Å². The highest BCUT2D eigenvalue weighted by Gasteiger charge is 2.20. The average Bonchev–Trinajstić information content (AvgIpc) is 2.67. The topological polar surface area (TPSA) is 56.0 Å². The summed E-state index contributed by atoms with van der Waals surface area (Å²) in [5.74, 6) is -2.29. The van der Waals surface area contributed by atoms with Gasteiger partial charge in [-0.2, -0.15) is 0 Å². The first kappa shape index (κ1) is 16.8. The summed E-state index contributed by atoms with van der Waals surface area (Å²) in [6.45, 7) is 0. The molecule has 4 rings (SSSR count). The molecular formula is C22H14F2N2O. The minimum atomic E-state index is -0.928. The number of nitrogens with zero attached hydrogens (tertiary/aromatic N) is 1. The fourth-order valence-electron chi connectivity index (χ4n) is 3.14. The van der Waals surface area contributed by atoms with Crippen molar-refractivity contribution in [1.29, 1.82) is 0 Å². The van der Waals surface area contributed by atoms with Crippen molar-refractivity contribution in [3.05, 3.63) is 95.7 Å². The van der Waals surface area contributed by atoms with Gasteiger partial charge in [0.15, 0.2) is 5.78 Å². The van der Waals surface area contributed by atoms with E-state index >= 15 is 0 Å². The summed E-state index contributed by atoms with van der Waals surface area (Å²) < 4.78 is 27.2. The summed E-state index contributed by atoms with van der Waals surface area (Å²) in [5, 5.41) is 1.95. The lowest BCUT2D eigenvalue weighted by Gasteiger charge is -2.12. The second-order valence-corrected chi connectivity index (χ2v) is 6.10. The molecular weight excluding hydrogens is 346 g/mol. The number of aromatic nitrogens is 1. The third-order valence-electron chi connectivity index (χ3n) is 4.46. The van der Waals surface area contributed by atoms with Crippen LogP contribution in [0, 0.1) is 11.6 Å². The summed E-state index contributed by atoms with van der Waals surface area (Å²) in [5.41, 5.74) is 7.51. The average molecular weight is 360 g/mol. The minimum absolute atomic E-state index is 0.124. The zero-order valence-corrected chi connectivity index (χ0v) is 14.1. The zero-order valence-electron chi connectivity index (χ0n) is 14.1. The zero-order chi connectivity index (χ0) is 19.0. The van der Waals surface area contributed by atoms with E-state index in [-0.39, 0.29) is 16.8 Å². The van der Waals surface area contributed by atoms with E-state index in [1.807, 2.05) is 42.5 Å². The SMILES string of the molecule is Nc1c(C(=O)c2ccc(F)cc2F)ccnc1-c1cccc2ccccc12. The Labute approximate surface area is 154 Å². The lowest BCUT2D eigenvalue weighted by atomic mass is 9.96. The van der Waals surface area contributed by atoms with E-state index in [1.54, 1.807) is 0 Å². The Hall–Kier alpha value is -3.60. The highest BCUT2D eigenvalue weighted by Crippen LogP contribution is 2.33. The molecule has 4 aromatic rings. The molecule has 2 N–H and O–H groups in total.